The molecular weight excluding hydrogens is 446 g/mol. The van der Waals surface area contributed by atoms with Gasteiger partial charge in [0.25, 0.3) is 0 Å². The average Bonchev–Trinajstić information content (AvgIpc) is 3.05. The number of rotatable bonds is 7. The first-order valence-corrected chi connectivity index (χ1v) is 10.2. The van der Waals surface area contributed by atoms with Gasteiger partial charge in [0.05, 0.1) is 19.8 Å². The smallest absolute Gasteiger partial charge is 0.120 e. The first-order chi connectivity index (χ1) is 14.6. The summed E-state index contributed by atoms with van der Waals surface area (Å²) >= 11 is 3.53. The van der Waals surface area contributed by atoms with Gasteiger partial charge in [-0.25, -0.2) is 0 Å². The number of anilines is 1. The van der Waals surface area contributed by atoms with Gasteiger partial charge in [0, 0.05) is 55.2 Å². The highest BCUT2D eigenvalue weighted by Gasteiger charge is 2.15. The number of halogens is 1. The average molecular weight is 466 g/mol. The fraction of sp³-hybridized carbons (Fsp3) is 0.182. The molecule has 1 aromatic heterocycles. The van der Waals surface area contributed by atoms with Crippen molar-refractivity contribution in [3.63, 3.8) is 0 Å². The zero-order chi connectivity index (χ0) is 21.1. The van der Waals surface area contributed by atoms with Gasteiger partial charge in [-0.3, -0.25) is 0 Å². The molecule has 30 heavy (non-hydrogen) atoms. The Labute approximate surface area is 181 Å². The number of aliphatic hydroxyl groups is 1. The Bertz CT molecular complexity index is 1260. The number of benzene rings is 3. The van der Waals surface area contributed by atoms with Crippen molar-refractivity contribution in [2.75, 3.05) is 19.0 Å². The number of azide groups is 1. The maximum absolute atomic E-state index is 10.7. The van der Waals surface area contributed by atoms with E-state index in [1.807, 2.05) is 54.6 Å². The summed E-state index contributed by atoms with van der Waals surface area (Å²) in [6, 6.07) is 19.2. The van der Waals surface area contributed by atoms with Crippen LogP contribution >= 0.6 is 15.9 Å². The van der Waals surface area contributed by atoms with Gasteiger partial charge < -0.3 is 19.7 Å². The molecule has 0 fully saturated rings. The van der Waals surface area contributed by atoms with Crippen molar-refractivity contribution in [3.05, 3.63) is 75.6 Å². The second-order valence-corrected chi connectivity index (χ2v) is 7.85. The van der Waals surface area contributed by atoms with Crippen LogP contribution in [-0.4, -0.2) is 29.4 Å². The van der Waals surface area contributed by atoms with Crippen LogP contribution in [0.5, 0.6) is 5.75 Å². The summed E-state index contributed by atoms with van der Waals surface area (Å²) in [4.78, 5) is 2.88. The molecule has 0 bridgehead atoms. The fourth-order valence-corrected chi connectivity index (χ4v) is 3.98. The lowest BCUT2D eigenvalue weighted by molar-refractivity contribution is 0.169. The van der Waals surface area contributed by atoms with E-state index in [2.05, 4.69) is 35.8 Å². The molecule has 1 heterocycles. The molecule has 1 unspecified atom stereocenters. The quantitative estimate of drug-likeness (QED) is 0.199. The standard InChI is InChI=1S/C22H20BrN5O2/c1-30-18-4-2-3-15(10-18)25-12-17(29)13-28-21-7-5-14(23)9-19(21)20-11-16(26-27-24)6-8-22(20)28/h2-11,17,25,29H,12-13H2,1H3. The Morgan fingerprint density at radius 3 is 2.67 bits per heavy atom. The molecule has 8 heteroatoms. The molecule has 4 rings (SSSR count). The summed E-state index contributed by atoms with van der Waals surface area (Å²) in [5, 5.41) is 19.7. The number of aromatic nitrogens is 1. The largest absolute Gasteiger partial charge is 0.497 e. The highest BCUT2D eigenvalue weighted by atomic mass is 79.9. The third kappa shape index (κ3) is 4.07. The lowest BCUT2D eigenvalue weighted by Crippen LogP contribution is -2.24. The number of nitrogens with zero attached hydrogens (tertiary/aromatic N) is 4. The molecule has 0 aliphatic carbocycles. The van der Waals surface area contributed by atoms with Crippen LogP contribution < -0.4 is 10.1 Å². The minimum Gasteiger partial charge on any atom is -0.497 e. The number of nitrogens with one attached hydrogen (secondary N) is 1. The molecule has 0 aliphatic heterocycles. The Balaban J connectivity index is 1.64. The van der Waals surface area contributed by atoms with Crippen molar-refractivity contribution >= 4 is 49.1 Å². The van der Waals surface area contributed by atoms with Gasteiger partial charge in [0.1, 0.15) is 5.75 Å². The molecule has 0 saturated carbocycles. The molecule has 4 aromatic rings. The van der Waals surface area contributed by atoms with Crippen molar-refractivity contribution in [1.29, 1.82) is 0 Å². The molecule has 0 radical (unpaired) electrons. The number of fused-ring (bicyclic) bond motifs is 3. The lowest BCUT2D eigenvalue weighted by Gasteiger charge is -2.16. The van der Waals surface area contributed by atoms with Crippen molar-refractivity contribution in [2.24, 2.45) is 5.11 Å². The summed E-state index contributed by atoms with van der Waals surface area (Å²) < 4.78 is 8.29. The topological polar surface area (TPSA) is 95.2 Å². The van der Waals surface area contributed by atoms with Gasteiger partial charge in [-0.1, -0.05) is 33.2 Å². The van der Waals surface area contributed by atoms with Crippen molar-refractivity contribution in [3.8, 4) is 5.75 Å². The first-order valence-electron chi connectivity index (χ1n) is 9.41. The molecule has 1 atom stereocenters. The molecule has 7 nitrogen and oxygen atoms in total. The van der Waals surface area contributed by atoms with Gasteiger partial charge in [-0.2, -0.15) is 0 Å². The van der Waals surface area contributed by atoms with Crippen LogP contribution in [0.1, 0.15) is 0 Å². The Morgan fingerprint density at radius 2 is 1.90 bits per heavy atom. The first kappa shape index (κ1) is 20.1. The van der Waals surface area contributed by atoms with Crippen molar-refractivity contribution < 1.29 is 9.84 Å². The summed E-state index contributed by atoms with van der Waals surface area (Å²) in [7, 11) is 1.63. The highest BCUT2D eigenvalue weighted by molar-refractivity contribution is 9.10. The molecule has 3 aromatic carbocycles. The number of hydrogen-bond donors (Lipinski definition) is 2. The third-order valence-corrected chi connectivity index (χ3v) is 5.47. The van der Waals surface area contributed by atoms with Crippen LogP contribution in [0.15, 0.2) is 70.3 Å². The van der Waals surface area contributed by atoms with Crippen LogP contribution in [0, 0.1) is 0 Å². The second kappa shape index (κ2) is 8.67. The maximum Gasteiger partial charge on any atom is 0.120 e. The van der Waals surface area contributed by atoms with Gasteiger partial charge in [-0.05, 0) is 48.0 Å². The minimum absolute atomic E-state index is 0.391. The Kier molecular flexibility index (Phi) is 5.81. The van der Waals surface area contributed by atoms with Crippen LogP contribution in [0.4, 0.5) is 11.4 Å². The van der Waals surface area contributed by atoms with E-state index in [0.29, 0.717) is 18.8 Å². The fourth-order valence-electron chi connectivity index (χ4n) is 3.62. The summed E-state index contributed by atoms with van der Waals surface area (Å²) in [6.45, 7) is 0.807. The zero-order valence-electron chi connectivity index (χ0n) is 16.3. The molecule has 0 saturated heterocycles. The van der Waals surface area contributed by atoms with Crippen LogP contribution in [0.2, 0.25) is 0 Å². The number of methoxy groups -OCH3 is 1. The van der Waals surface area contributed by atoms with Crippen LogP contribution in [-0.2, 0) is 6.54 Å². The van der Waals surface area contributed by atoms with E-state index >= 15 is 0 Å². The molecule has 0 amide bonds. The monoisotopic (exact) mass is 465 g/mol. The minimum atomic E-state index is -0.615. The molecule has 0 aliphatic rings. The zero-order valence-corrected chi connectivity index (χ0v) is 17.9. The van der Waals surface area contributed by atoms with E-state index in [9.17, 15) is 5.11 Å². The molecule has 0 spiro atoms. The van der Waals surface area contributed by atoms with Gasteiger partial charge in [0.15, 0.2) is 0 Å². The molecular formula is C22H20BrN5O2. The van der Waals surface area contributed by atoms with Crippen LogP contribution in [0.3, 0.4) is 0 Å². The number of aliphatic hydroxyl groups excluding tert-OH is 1. The summed E-state index contributed by atoms with van der Waals surface area (Å²) in [5.41, 5.74) is 12.2. The van der Waals surface area contributed by atoms with Gasteiger partial charge in [0.2, 0.25) is 0 Å². The molecule has 152 valence electrons. The summed E-state index contributed by atoms with van der Waals surface area (Å²) in [6.07, 6.45) is -0.615. The highest BCUT2D eigenvalue weighted by Crippen LogP contribution is 2.34. The second-order valence-electron chi connectivity index (χ2n) is 6.93. The number of ether oxygens (including phenoxy) is 1. The predicted octanol–water partition coefficient (Wildman–Crippen LogP) is 5.98. The molecule has 2 N–H and O–H groups in total. The van der Waals surface area contributed by atoms with Crippen molar-refractivity contribution in [1.82, 2.24) is 4.57 Å². The van der Waals surface area contributed by atoms with Crippen molar-refractivity contribution in [2.45, 2.75) is 12.6 Å². The lowest BCUT2D eigenvalue weighted by atomic mass is 10.1. The van der Waals surface area contributed by atoms with E-state index in [0.717, 1.165) is 37.7 Å². The van der Waals surface area contributed by atoms with Gasteiger partial charge >= 0.3 is 0 Å². The Hall–Kier alpha value is -3.19. The Morgan fingerprint density at radius 1 is 1.13 bits per heavy atom. The SMILES string of the molecule is COc1cccc(NCC(O)Cn2c3ccc(Br)cc3c3cc(N=[N+]=[N-])ccc32)c1. The van der Waals surface area contributed by atoms with E-state index < -0.39 is 6.10 Å². The normalized spacial score (nSPS) is 12.0. The van der Waals surface area contributed by atoms with E-state index in [1.165, 1.54) is 0 Å². The van der Waals surface area contributed by atoms with E-state index in [-0.39, 0.29) is 0 Å². The van der Waals surface area contributed by atoms with Gasteiger partial charge in [-0.15, -0.1) is 0 Å². The van der Waals surface area contributed by atoms with E-state index in [4.69, 9.17) is 10.3 Å². The summed E-state index contributed by atoms with van der Waals surface area (Å²) in [5.74, 6) is 0.762. The van der Waals surface area contributed by atoms with E-state index in [1.54, 1.807) is 13.2 Å². The third-order valence-electron chi connectivity index (χ3n) is 4.98. The number of hydrogen-bond acceptors (Lipinski definition) is 4. The maximum atomic E-state index is 10.7. The predicted molar refractivity (Wildman–Crippen MR) is 123 cm³/mol. The van der Waals surface area contributed by atoms with Crippen LogP contribution in [0.25, 0.3) is 32.2 Å².